The van der Waals surface area contributed by atoms with Gasteiger partial charge < -0.3 is 4.74 Å². The molecule has 3 heterocycles. The Kier molecular flexibility index (Phi) is 4.52. The summed E-state index contributed by atoms with van der Waals surface area (Å²) in [5.74, 6) is 0.657. The summed E-state index contributed by atoms with van der Waals surface area (Å²) in [5.41, 5.74) is 1.38. The second kappa shape index (κ2) is 6.75. The number of aldehydes is 1. The highest BCUT2D eigenvalue weighted by molar-refractivity contribution is 7.47. The first kappa shape index (κ1) is 15.4. The van der Waals surface area contributed by atoms with Gasteiger partial charge in [0, 0.05) is 30.8 Å². The predicted molar refractivity (Wildman–Crippen MR) is 81.5 cm³/mol. The molecule has 9 heteroatoms. The van der Waals surface area contributed by atoms with Crippen molar-refractivity contribution in [2.75, 3.05) is 6.16 Å². The molecule has 0 fully saturated rings. The van der Waals surface area contributed by atoms with Crippen molar-refractivity contribution in [3.05, 3.63) is 42.5 Å². The Hall–Kier alpha value is -2.47. The van der Waals surface area contributed by atoms with Crippen molar-refractivity contribution in [2.24, 2.45) is 0 Å². The van der Waals surface area contributed by atoms with Crippen LogP contribution in [0.3, 0.4) is 0 Å². The molecule has 6 nitrogen and oxygen atoms in total. The molecule has 1 atom stereocenters. The molecule has 0 amide bonds. The van der Waals surface area contributed by atoms with Crippen LogP contribution in [0.2, 0.25) is 0 Å². The van der Waals surface area contributed by atoms with E-state index in [2.05, 4.69) is 15.1 Å². The normalized spacial score (nSPS) is 11.6. The number of nitrogens with zero attached hydrogens (tertiary/aromatic N) is 4. The van der Waals surface area contributed by atoms with Crippen LogP contribution in [0.15, 0.2) is 36.8 Å². The Bertz CT molecular complexity index is 841. The molecule has 0 aromatic carbocycles. The van der Waals surface area contributed by atoms with Crippen molar-refractivity contribution in [3.8, 4) is 11.6 Å². The van der Waals surface area contributed by atoms with Crippen molar-refractivity contribution in [1.82, 2.24) is 19.6 Å². The topological polar surface area (TPSA) is 69.4 Å². The largest absolute Gasteiger partial charge is 0.437 e. The Morgan fingerprint density at radius 1 is 1.30 bits per heavy atom. The zero-order chi connectivity index (χ0) is 16.2. The van der Waals surface area contributed by atoms with E-state index in [9.17, 15) is 13.6 Å². The van der Waals surface area contributed by atoms with Crippen molar-refractivity contribution < 1.29 is 18.3 Å². The molecular weight excluding hydrogens is 325 g/mol. The van der Waals surface area contributed by atoms with Crippen LogP contribution >= 0.6 is 8.58 Å². The maximum atomic E-state index is 12.4. The van der Waals surface area contributed by atoms with E-state index in [-0.39, 0.29) is 20.6 Å². The molecule has 0 bridgehead atoms. The minimum absolute atomic E-state index is 0.192. The number of hydrogen-bond acceptors (Lipinski definition) is 5. The standard InChI is InChI=1S/C14H11F2N4O2P/c15-12(16)8-23-14-13(17-2-3-18-14)22-11-1-4-20-10(6-11)5-9(7-21)19-20/h1-7,12,23H,8H2. The zero-order valence-corrected chi connectivity index (χ0v) is 12.7. The number of aromatic nitrogens is 4. The van der Waals surface area contributed by atoms with Crippen LogP contribution in [-0.4, -0.2) is 38.5 Å². The van der Waals surface area contributed by atoms with E-state index in [0.717, 1.165) is 0 Å². The number of pyridine rings is 1. The molecule has 0 aliphatic heterocycles. The number of halogens is 2. The van der Waals surface area contributed by atoms with E-state index < -0.39 is 6.43 Å². The zero-order valence-electron chi connectivity index (χ0n) is 11.7. The van der Waals surface area contributed by atoms with Crippen LogP contribution in [0.25, 0.3) is 5.52 Å². The molecule has 3 aromatic heterocycles. The van der Waals surface area contributed by atoms with Gasteiger partial charge in [0.1, 0.15) is 16.9 Å². The summed E-state index contributed by atoms with van der Waals surface area (Å²) in [7, 11) is -0.192. The molecule has 0 saturated carbocycles. The molecule has 0 aliphatic carbocycles. The minimum atomic E-state index is -2.40. The van der Waals surface area contributed by atoms with Crippen molar-refractivity contribution in [2.45, 2.75) is 6.43 Å². The number of alkyl halides is 2. The predicted octanol–water partition coefficient (Wildman–Crippen LogP) is 2.30. The summed E-state index contributed by atoms with van der Waals surface area (Å²) >= 11 is 0. The smallest absolute Gasteiger partial charge is 0.245 e. The highest BCUT2D eigenvalue weighted by Gasteiger charge is 2.12. The molecule has 0 radical (unpaired) electrons. The number of fused-ring (bicyclic) bond motifs is 1. The molecule has 118 valence electrons. The third kappa shape index (κ3) is 3.65. The van der Waals surface area contributed by atoms with Crippen LogP contribution in [0, 0.1) is 0 Å². The monoisotopic (exact) mass is 336 g/mol. The fourth-order valence-corrected chi connectivity index (χ4v) is 2.70. The van der Waals surface area contributed by atoms with Crippen LogP contribution in [-0.2, 0) is 0 Å². The first-order chi connectivity index (χ1) is 11.2. The van der Waals surface area contributed by atoms with Crippen LogP contribution in [0.5, 0.6) is 11.6 Å². The Morgan fingerprint density at radius 2 is 2.13 bits per heavy atom. The fourth-order valence-electron chi connectivity index (χ4n) is 1.92. The van der Waals surface area contributed by atoms with Gasteiger partial charge in [-0.05, 0) is 12.1 Å². The third-order valence-electron chi connectivity index (χ3n) is 2.88. The third-order valence-corrected chi connectivity index (χ3v) is 4.07. The first-order valence-corrected chi connectivity index (χ1v) is 7.82. The molecule has 0 aliphatic rings. The van der Waals surface area contributed by atoms with Crippen molar-refractivity contribution in [3.63, 3.8) is 0 Å². The van der Waals surface area contributed by atoms with Gasteiger partial charge in [-0.1, -0.05) is 8.58 Å². The van der Waals surface area contributed by atoms with E-state index in [0.29, 0.717) is 28.7 Å². The number of carbonyl (C=O) groups excluding carboxylic acids is 1. The highest BCUT2D eigenvalue weighted by Crippen LogP contribution is 2.24. The molecule has 0 N–H and O–H groups in total. The maximum absolute atomic E-state index is 12.4. The van der Waals surface area contributed by atoms with E-state index >= 15 is 0 Å². The summed E-state index contributed by atoms with van der Waals surface area (Å²) in [6, 6.07) is 4.92. The van der Waals surface area contributed by atoms with E-state index in [1.807, 2.05) is 0 Å². The molecular formula is C14H11F2N4O2P. The Morgan fingerprint density at radius 3 is 2.91 bits per heavy atom. The van der Waals surface area contributed by atoms with Gasteiger partial charge in [-0.25, -0.2) is 23.3 Å². The number of ether oxygens (including phenoxy) is 1. The van der Waals surface area contributed by atoms with E-state index in [1.54, 1.807) is 24.4 Å². The number of hydrogen-bond donors (Lipinski definition) is 0. The van der Waals surface area contributed by atoms with Gasteiger partial charge in [-0.3, -0.25) is 4.79 Å². The number of rotatable bonds is 6. The average molecular weight is 336 g/mol. The van der Waals surface area contributed by atoms with Gasteiger partial charge >= 0.3 is 0 Å². The molecule has 0 saturated heterocycles. The summed E-state index contributed by atoms with van der Waals surface area (Å²) in [6.45, 7) is 0. The lowest BCUT2D eigenvalue weighted by Crippen LogP contribution is -2.10. The first-order valence-electron chi connectivity index (χ1n) is 6.61. The van der Waals surface area contributed by atoms with Gasteiger partial charge in [-0.15, -0.1) is 0 Å². The van der Waals surface area contributed by atoms with Crippen LogP contribution < -0.4 is 10.2 Å². The minimum Gasteiger partial charge on any atom is -0.437 e. The second-order valence-corrected chi connectivity index (χ2v) is 5.74. The van der Waals surface area contributed by atoms with Gasteiger partial charge in [0.05, 0.1) is 5.52 Å². The van der Waals surface area contributed by atoms with E-state index in [4.69, 9.17) is 4.74 Å². The second-order valence-electron chi connectivity index (χ2n) is 4.50. The lowest BCUT2D eigenvalue weighted by molar-refractivity contribution is 0.111. The molecule has 23 heavy (non-hydrogen) atoms. The number of carbonyl (C=O) groups is 1. The average Bonchev–Trinajstić information content (AvgIpc) is 2.96. The quantitative estimate of drug-likeness (QED) is 0.510. The Labute approximate surface area is 131 Å². The molecule has 3 aromatic rings. The summed E-state index contributed by atoms with van der Waals surface area (Å²) in [4.78, 5) is 18.8. The van der Waals surface area contributed by atoms with Crippen molar-refractivity contribution >= 4 is 25.8 Å². The van der Waals surface area contributed by atoms with Crippen LogP contribution in [0.1, 0.15) is 10.5 Å². The summed E-state index contributed by atoms with van der Waals surface area (Å²) in [6.07, 6.45) is 2.49. The molecule has 0 spiro atoms. The summed E-state index contributed by atoms with van der Waals surface area (Å²) in [5, 5.41) is 4.03. The van der Waals surface area contributed by atoms with Crippen molar-refractivity contribution in [1.29, 1.82) is 0 Å². The van der Waals surface area contributed by atoms with Gasteiger partial charge in [0.15, 0.2) is 6.29 Å². The lowest BCUT2D eigenvalue weighted by Gasteiger charge is -2.09. The summed E-state index contributed by atoms with van der Waals surface area (Å²) < 4.78 is 31.9. The van der Waals surface area contributed by atoms with Crippen LogP contribution in [0.4, 0.5) is 8.78 Å². The fraction of sp³-hybridized carbons (Fsp3) is 0.143. The van der Waals surface area contributed by atoms with Gasteiger partial charge in [-0.2, -0.15) is 5.10 Å². The maximum Gasteiger partial charge on any atom is 0.245 e. The molecule has 1 unspecified atom stereocenters. The lowest BCUT2D eigenvalue weighted by atomic mass is 10.3. The van der Waals surface area contributed by atoms with Gasteiger partial charge in [0.2, 0.25) is 12.3 Å². The molecule has 3 rings (SSSR count). The SMILES string of the molecule is O=Cc1cc2cc(Oc3nccnc3PCC(F)F)ccn2n1. The highest BCUT2D eigenvalue weighted by atomic mass is 31.1. The Balaban J connectivity index is 1.85. The van der Waals surface area contributed by atoms with Gasteiger partial charge in [0.25, 0.3) is 0 Å². The van der Waals surface area contributed by atoms with E-state index in [1.165, 1.54) is 16.9 Å².